The highest BCUT2D eigenvalue weighted by Gasteiger charge is 2.32. The molecule has 0 heterocycles. The zero-order valence-corrected chi connectivity index (χ0v) is 12.4. The first-order valence-corrected chi connectivity index (χ1v) is 8.68. The van der Waals surface area contributed by atoms with E-state index in [1.165, 1.54) is 19.3 Å². The van der Waals surface area contributed by atoms with Crippen LogP contribution < -0.4 is 5.32 Å². The summed E-state index contributed by atoms with van der Waals surface area (Å²) >= 11 is 0. The van der Waals surface area contributed by atoms with Crippen molar-refractivity contribution in [1.29, 1.82) is 0 Å². The van der Waals surface area contributed by atoms with Crippen LogP contribution in [0.5, 0.6) is 0 Å². The van der Waals surface area contributed by atoms with E-state index in [1.807, 2.05) is 6.92 Å². The van der Waals surface area contributed by atoms with Crippen LogP contribution >= 0.6 is 0 Å². The fraction of sp³-hybridized carbons (Fsp3) is 1.00. The summed E-state index contributed by atoms with van der Waals surface area (Å²) in [5.41, 5.74) is 0. The molecule has 1 aliphatic carbocycles. The molecule has 17 heavy (non-hydrogen) atoms. The fourth-order valence-corrected chi connectivity index (χ4v) is 4.07. The standard InChI is InChI=1S/C13H27NO2S/c1-5-12-7-8-13(11(12)4)14-10(3)9-17(15,16)6-2/h10-14H,5-9H2,1-4H3. The van der Waals surface area contributed by atoms with E-state index in [9.17, 15) is 8.42 Å². The highest BCUT2D eigenvalue weighted by molar-refractivity contribution is 7.91. The van der Waals surface area contributed by atoms with Gasteiger partial charge in [0, 0.05) is 17.8 Å². The van der Waals surface area contributed by atoms with E-state index in [2.05, 4.69) is 19.2 Å². The molecule has 0 aromatic rings. The van der Waals surface area contributed by atoms with Crippen molar-refractivity contribution >= 4 is 9.84 Å². The second kappa shape index (κ2) is 6.19. The number of hydrogen-bond acceptors (Lipinski definition) is 3. The molecule has 0 radical (unpaired) electrons. The maximum atomic E-state index is 11.5. The summed E-state index contributed by atoms with van der Waals surface area (Å²) in [6.45, 7) is 8.24. The molecular weight excluding hydrogens is 234 g/mol. The molecule has 102 valence electrons. The van der Waals surface area contributed by atoms with E-state index in [0.29, 0.717) is 12.0 Å². The van der Waals surface area contributed by atoms with Gasteiger partial charge in [0.05, 0.1) is 5.75 Å². The summed E-state index contributed by atoms with van der Waals surface area (Å²) < 4.78 is 23.1. The Balaban J connectivity index is 2.45. The van der Waals surface area contributed by atoms with Crippen molar-refractivity contribution in [3.8, 4) is 0 Å². The quantitative estimate of drug-likeness (QED) is 0.797. The minimum atomic E-state index is -2.86. The third kappa shape index (κ3) is 4.25. The molecule has 0 aromatic heterocycles. The van der Waals surface area contributed by atoms with Crippen LogP contribution in [0.3, 0.4) is 0 Å². The zero-order valence-electron chi connectivity index (χ0n) is 11.6. The monoisotopic (exact) mass is 261 g/mol. The molecule has 1 rings (SSSR count). The minimum absolute atomic E-state index is 0.0722. The Labute approximate surface area is 106 Å². The summed E-state index contributed by atoms with van der Waals surface area (Å²) in [5.74, 6) is 2.00. The molecule has 1 fully saturated rings. The predicted octanol–water partition coefficient (Wildman–Crippen LogP) is 2.22. The minimum Gasteiger partial charge on any atom is -0.310 e. The first-order chi connectivity index (χ1) is 7.89. The molecule has 1 aliphatic rings. The summed E-state index contributed by atoms with van der Waals surface area (Å²) in [7, 11) is -2.86. The Morgan fingerprint density at radius 1 is 1.29 bits per heavy atom. The zero-order chi connectivity index (χ0) is 13.1. The van der Waals surface area contributed by atoms with E-state index in [4.69, 9.17) is 0 Å². The van der Waals surface area contributed by atoms with Crippen molar-refractivity contribution in [3.05, 3.63) is 0 Å². The second-order valence-corrected chi connectivity index (χ2v) is 7.88. The van der Waals surface area contributed by atoms with Crippen LogP contribution in [0.4, 0.5) is 0 Å². The SMILES string of the molecule is CCC1CCC(NC(C)CS(=O)(=O)CC)C1C. The lowest BCUT2D eigenvalue weighted by Gasteiger charge is -2.24. The van der Waals surface area contributed by atoms with Gasteiger partial charge in [-0.15, -0.1) is 0 Å². The van der Waals surface area contributed by atoms with Gasteiger partial charge >= 0.3 is 0 Å². The lowest BCUT2D eigenvalue weighted by molar-refractivity contribution is 0.331. The van der Waals surface area contributed by atoms with Crippen molar-refractivity contribution < 1.29 is 8.42 Å². The van der Waals surface area contributed by atoms with Gasteiger partial charge in [-0.3, -0.25) is 0 Å². The van der Waals surface area contributed by atoms with E-state index in [0.717, 1.165) is 5.92 Å². The highest BCUT2D eigenvalue weighted by atomic mass is 32.2. The van der Waals surface area contributed by atoms with Gasteiger partial charge in [0.15, 0.2) is 9.84 Å². The Morgan fingerprint density at radius 3 is 2.41 bits per heavy atom. The third-order valence-electron chi connectivity index (χ3n) is 4.19. The van der Waals surface area contributed by atoms with Gasteiger partial charge in [-0.2, -0.15) is 0 Å². The molecule has 0 aromatic carbocycles. The van der Waals surface area contributed by atoms with Gasteiger partial charge in [-0.05, 0) is 31.6 Å². The molecular formula is C13H27NO2S. The highest BCUT2D eigenvalue weighted by Crippen LogP contribution is 2.34. The molecule has 4 unspecified atom stereocenters. The predicted molar refractivity (Wildman–Crippen MR) is 72.9 cm³/mol. The van der Waals surface area contributed by atoms with Crippen molar-refractivity contribution in [2.24, 2.45) is 11.8 Å². The van der Waals surface area contributed by atoms with Gasteiger partial charge < -0.3 is 5.32 Å². The average molecular weight is 261 g/mol. The average Bonchev–Trinajstić information content (AvgIpc) is 2.59. The third-order valence-corrected chi connectivity index (χ3v) is 6.08. The van der Waals surface area contributed by atoms with Crippen LogP contribution in [0.1, 0.15) is 47.0 Å². The molecule has 0 bridgehead atoms. The molecule has 1 saturated carbocycles. The van der Waals surface area contributed by atoms with Crippen molar-refractivity contribution in [2.75, 3.05) is 11.5 Å². The topological polar surface area (TPSA) is 46.2 Å². The van der Waals surface area contributed by atoms with Crippen LogP contribution in [-0.2, 0) is 9.84 Å². The number of nitrogens with one attached hydrogen (secondary N) is 1. The largest absolute Gasteiger partial charge is 0.310 e. The lowest BCUT2D eigenvalue weighted by Crippen LogP contribution is -2.42. The first kappa shape index (κ1) is 15.0. The van der Waals surface area contributed by atoms with Crippen molar-refractivity contribution in [1.82, 2.24) is 5.32 Å². The number of sulfone groups is 1. The van der Waals surface area contributed by atoms with Crippen LogP contribution in [0.15, 0.2) is 0 Å². The molecule has 0 amide bonds. The Kier molecular flexibility index (Phi) is 5.45. The lowest BCUT2D eigenvalue weighted by atomic mass is 9.93. The maximum Gasteiger partial charge on any atom is 0.151 e. The van der Waals surface area contributed by atoms with E-state index in [-0.39, 0.29) is 17.5 Å². The van der Waals surface area contributed by atoms with Crippen LogP contribution in [0.2, 0.25) is 0 Å². The second-order valence-electron chi connectivity index (χ2n) is 5.48. The first-order valence-electron chi connectivity index (χ1n) is 6.86. The van der Waals surface area contributed by atoms with Gasteiger partial charge in [-0.25, -0.2) is 8.42 Å². The summed E-state index contributed by atoms with van der Waals surface area (Å²) in [6, 6.07) is 0.574. The van der Waals surface area contributed by atoms with Gasteiger partial charge in [0.25, 0.3) is 0 Å². The van der Waals surface area contributed by atoms with E-state index < -0.39 is 9.84 Å². The molecule has 3 nitrogen and oxygen atoms in total. The van der Waals surface area contributed by atoms with Crippen LogP contribution in [0.25, 0.3) is 0 Å². The summed E-state index contributed by atoms with van der Waals surface area (Å²) in [5, 5.41) is 3.50. The molecule has 1 N–H and O–H groups in total. The maximum absolute atomic E-state index is 11.5. The Hall–Kier alpha value is -0.0900. The normalized spacial score (nSPS) is 31.6. The summed E-state index contributed by atoms with van der Waals surface area (Å²) in [4.78, 5) is 0. The fourth-order valence-electron chi connectivity index (χ4n) is 2.97. The molecule has 0 spiro atoms. The molecule has 4 atom stereocenters. The molecule has 0 saturated heterocycles. The van der Waals surface area contributed by atoms with Gasteiger partial charge in [0.2, 0.25) is 0 Å². The van der Waals surface area contributed by atoms with Crippen molar-refractivity contribution in [2.45, 2.75) is 59.0 Å². The molecule has 4 heteroatoms. The number of hydrogen-bond donors (Lipinski definition) is 1. The van der Waals surface area contributed by atoms with E-state index in [1.54, 1.807) is 6.92 Å². The smallest absolute Gasteiger partial charge is 0.151 e. The Morgan fingerprint density at radius 2 is 1.94 bits per heavy atom. The van der Waals surface area contributed by atoms with Crippen molar-refractivity contribution in [3.63, 3.8) is 0 Å². The van der Waals surface area contributed by atoms with Gasteiger partial charge in [0.1, 0.15) is 0 Å². The number of rotatable bonds is 6. The van der Waals surface area contributed by atoms with Gasteiger partial charge in [-0.1, -0.05) is 27.2 Å². The van der Waals surface area contributed by atoms with E-state index >= 15 is 0 Å². The molecule has 0 aliphatic heterocycles. The van der Waals surface area contributed by atoms with Crippen LogP contribution in [0, 0.1) is 11.8 Å². The Bertz CT molecular complexity index is 326. The summed E-state index contributed by atoms with van der Waals surface area (Å²) in [6.07, 6.45) is 3.71. The van der Waals surface area contributed by atoms with Crippen LogP contribution in [-0.4, -0.2) is 32.0 Å².